The van der Waals surface area contributed by atoms with E-state index in [1.807, 2.05) is 96.1 Å². The summed E-state index contributed by atoms with van der Waals surface area (Å²) in [6, 6.07) is 27.7. The Morgan fingerprint density at radius 1 is 0.433 bits per heavy atom. The zero-order chi connectivity index (χ0) is 44.5. The van der Waals surface area contributed by atoms with Gasteiger partial charge in [-0.25, -0.2) is 0 Å². The van der Waals surface area contributed by atoms with Gasteiger partial charge in [0.2, 0.25) is 0 Å². The predicted molar refractivity (Wildman–Crippen MR) is 243 cm³/mol. The maximum Gasteiger partial charge on any atom is 0.416 e. The molecule has 0 aliphatic heterocycles. The summed E-state index contributed by atoms with van der Waals surface area (Å²) < 4.78 is 38.4. The van der Waals surface area contributed by atoms with E-state index in [4.69, 9.17) is 11.6 Å². The molecule has 0 saturated carbocycles. The second-order valence-corrected chi connectivity index (χ2v) is 16.1. The standard InChI is InChI=1S/C17H18F3NO.C17H21NO.C16H18ClNO/c1-10-4-12(3)16(22)13(5-10)9-21-15-7-11(2)6-14(8-15)17(18,19)20;1-11-5-6-16(13(3)7-11)18-10-15-9-12(2)8-14(4)17(15)19;1-10-6-12(3)16(19)13(7-10)9-18-14-5-4-11(2)15(17)8-14/h4-8,21-22H,9H2,1-3H3;5-9,18-19H,10H2,1-4H3;4-8,18-19H,9H2,1-3H3. The molecule has 0 radical (unpaired) electrons. The summed E-state index contributed by atoms with van der Waals surface area (Å²) in [7, 11) is 0. The number of anilines is 3. The van der Waals surface area contributed by atoms with E-state index in [-0.39, 0.29) is 12.3 Å². The van der Waals surface area contributed by atoms with Crippen molar-refractivity contribution >= 4 is 28.7 Å². The van der Waals surface area contributed by atoms with Gasteiger partial charge in [0.25, 0.3) is 0 Å². The number of aryl methyl sites for hydroxylation is 10. The smallest absolute Gasteiger partial charge is 0.416 e. The van der Waals surface area contributed by atoms with Gasteiger partial charge in [-0.3, -0.25) is 0 Å². The molecular formula is C50H57ClF3N3O3. The molecule has 0 atom stereocenters. The minimum absolute atomic E-state index is 0.168. The minimum atomic E-state index is -4.37. The van der Waals surface area contributed by atoms with Crippen LogP contribution in [0.25, 0.3) is 0 Å². The van der Waals surface area contributed by atoms with E-state index in [0.29, 0.717) is 41.4 Å². The number of aromatic hydroxyl groups is 3. The topological polar surface area (TPSA) is 96.8 Å². The SMILES string of the molecule is Cc1cc(C)c(O)c(CNc2ccc(C)c(Cl)c2)c1.Cc1cc(NCc2cc(C)cc(C)c2O)cc(C(F)(F)F)c1.Cc1ccc(NCc2cc(C)cc(C)c2O)c(C)c1. The van der Waals surface area contributed by atoms with Crippen LogP contribution in [0.3, 0.4) is 0 Å². The molecule has 6 aromatic rings. The summed E-state index contributed by atoms with van der Waals surface area (Å²) >= 11 is 6.09. The lowest BCUT2D eigenvalue weighted by Crippen LogP contribution is -2.07. The van der Waals surface area contributed by atoms with E-state index in [2.05, 4.69) is 48.0 Å². The molecule has 6 aromatic carbocycles. The normalized spacial score (nSPS) is 10.9. The fourth-order valence-electron chi connectivity index (χ4n) is 6.90. The van der Waals surface area contributed by atoms with Crippen molar-refractivity contribution in [1.82, 2.24) is 0 Å². The molecule has 0 heterocycles. The summed E-state index contributed by atoms with van der Waals surface area (Å²) in [5.41, 5.74) is 14.2. The summed E-state index contributed by atoms with van der Waals surface area (Å²) in [6.07, 6.45) is -4.37. The molecule has 0 aromatic heterocycles. The van der Waals surface area contributed by atoms with Crippen molar-refractivity contribution < 1.29 is 28.5 Å². The van der Waals surface area contributed by atoms with Gasteiger partial charge in [-0.15, -0.1) is 0 Å². The van der Waals surface area contributed by atoms with Gasteiger partial charge in [0, 0.05) is 58.4 Å². The zero-order valence-electron chi connectivity index (χ0n) is 36.1. The quantitative estimate of drug-likeness (QED) is 0.0868. The van der Waals surface area contributed by atoms with Crippen molar-refractivity contribution in [2.75, 3.05) is 16.0 Å². The van der Waals surface area contributed by atoms with E-state index in [0.717, 1.165) is 73.0 Å². The van der Waals surface area contributed by atoms with Crippen LogP contribution in [0, 0.1) is 69.2 Å². The van der Waals surface area contributed by atoms with Crippen LogP contribution in [0.2, 0.25) is 5.02 Å². The number of hydrogen-bond donors (Lipinski definition) is 6. The highest BCUT2D eigenvalue weighted by atomic mass is 35.5. The van der Waals surface area contributed by atoms with E-state index in [9.17, 15) is 28.5 Å². The first-order valence-electron chi connectivity index (χ1n) is 19.7. The molecule has 6 N–H and O–H groups in total. The monoisotopic (exact) mass is 839 g/mol. The number of rotatable bonds is 9. The van der Waals surface area contributed by atoms with Gasteiger partial charge in [-0.05, 0) is 139 Å². The van der Waals surface area contributed by atoms with Crippen molar-refractivity contribution in [2.24, 2.45) is 0 Å². The molecule has 0 saturated heterocycles. The highest BCUT2D eigenvalue weighted by molar-refractivity contribution is 6.31. The molecule has 0 unspecified atom stereocenters. The van der Waals surface area contributed by atoms with Crippen LogP contribution in [-0.2, 0) is 25.8 Å². The lowest BCUT2D eigenvalue weighted by atomic mass is 10.1. The lowest BCUT2D eigenvalue weighted by Gasteiger charge is -2.14. The summed E-state index contributed by atoms with van der Waals surface area (Å²) in [5, 5.41) is 40.5. The van der Waals surface area contributed by atoms with Gasteiger partial charge in [-0.2, -0.15) is 13.2 Å². The van der Waals surface area contributed by atoms with Crippen LogP contribution < -0.4 is 16.0 Å². The van der Waals surface area contributed by atoms with Crippen LogP contribution >= 0.6 is 11.6 Å². The van der Waals surface area contributed by atoms with E-state index in [1.54, 1.807) is 19.9 Å². The highest BCUT2D eigenvalue weighted by Crippen LogP contribution is 2.33. The van der Waals surface area contributed by atoms with Crippen molar-refractivity contribution in [1.29, 1.82) is 0 Å². The van der Waals surface area contributed by atoms with Gasteiger partial charge in [0.15, 0.2) is 0 Å². The molecule has 0 spiro atoms. The van der Waals surface area contributed by atoms with Crippen molar-refractivity contribution in [3.05, 3.63) is 174 Å². The van der Waals surface area contributed by atoms with E-state index < -0.39 is 11.7 Å². The number of halogens is 4. The highest BCUT2D eigenvalue weighted by Gasteiger charge is 2.31. The fraction of sp³-hybridized carbons (Fsp3) is 0.280. The Kier molecular flexibility index (Phi) is 16.0. The van der Waals surface area contributed by atoms with E-state index >= 15 is 0 Å². The summed E-state index contributed by atoms with van der Waals surface area (Å²) in [4.78, 5) is 0. The largest absolute Gasteiger partial charge is 0.507 e. The number of alkyl halides is 3. The summed E-state index contributed by atoms with van der Waals surface area (Å²) in [5.74, 6) is 0.918. The Balaban J connectivity index is 0.000000199. The molecule has 60 heavy (non-hydrogen) atoms. The van der Waals surface area contributed by atoms with Crippen LogP contribution in [0.4, 0.5) is 30.2 Å². The maximum absolute atomic E-state index is 12.8. The molecule has 10 heteroatoms. The third-order valence-corrected chi connectivity index (χ3v) is 10.4. The Hall–Kier alpha value is -5.80. The van der Waals surface area contributed by atoms with Gasteiger partial charge >= 0.3 is 6.18 Å². The van der Waals surface area contributed by atoms with Gasteiger partial charge in [-0.1, -0.05) is 88.5 Å². The number of hydrogen-bond acceptors (Lipinski definition) is 6. The predicted octanol–water partition coefficient (Wildman–Crippen LogP) is 13.8. The minimum Gasteiger partial charge on any atom is -0.507 e. The van der Waals surface area contributed by atoms with Gasteiger partial charge in [0.05, 0.1) is 5.56 Å². The van der Waals surface area contributed by atoms with Crippen molar-refractivity contribution in [3.63, 3.8) is 0 Å². The first kappa shape index (κ1) is 46.9. The third kappa shape index (κ3) is 13.4. The van der Waals surface area contributed by atoms with Crippen molar-refractivity contribution in [2.45, 2.75) is 95.0 Å². The molecule has 0 aliphatic rings. The van der Waals surface area contributed by atoms with Crippen molar-refractivity contribution in [3.8, 4) is 17.2 Å². The molecule has 6 nitrogen and oxygen atoms in total. The lowest BCUT2D eigenvalue weighted by molar-refractivity contribution is -0.137. The first-order valence-corrected chi connectivity index (χ1v) is 20.1. The Morgan fingerprint density at radius 2 is 0.867 bits per heavy atom. The number of phenols is 3. The Morgan fingerprint density at radius 3 is 1.32 bits per heavy atom. The Bertz CT molecular complexity index is 2450. The average molecular weight is 840 g/mol. The Labute approximate surface area is 358 Å². The van der Waals surface area contributed by atoms with Crippen LogP contribution in [0.5, 0.6) is 17.2 Å². The molecule has 0 aliphatic carbocycles. The fourth-order valence-corrected chi connectivity index (χ4v) is 7.08. The molecule has 0 fully saturated rings. The van der Waals surface area contributed by atoms with Crippen LogP contribution in [-0.4, -0.2) is 15.3 Å². The average Bonchev–Trinajstić information content (AvgIpc) is 3.16. The second-order valence-electron chi connectivity index (χ2n) is 15.7. The van der Waals surface area contributed by atoms with E-state index in [1.165, 1.54) is 16.7 Å². The molecule has 0 bridgehead atoms. The number of benzene rings is 6. The van der Waals surface area contributed by atoms with Gasteiger partial charge < -0.3 is 31.3 Å². The first-order chi connectivity index (χ1) is 28.1. The zero-order valence-corrected chi connectivity index (χ0v) is 36.9. The third-order valence-electron chi connectivity index (χ3n) is 9.96. The van der Waals surface area contributed by atoms with Crippen LogP contribution in [0.15, 0.2) is 91.0 Å². The maximum atomic E-state index is 12.8. The molecular weight excluding hydrogens is 783 g/mol. The summed E-state index contributed by atoms with van der Waals surface area (Å²) in [6.45, 7) is 20.9. The molecule has 0 amide bonds. The molecule has 318 valence electrons. The number of phenolic OH excluding ortho intramolecular Hbond substituents is 3. The second kappa shape index (κ2) is 20.4. The number of nitrogens with one attached hydrogen (secondary N) is 3. The van der Waals surface area contributed by atoms with Gasteiger partial charge in [0.1, 0.15) is 17.2 Å². The molecule has 6 rings (SSSR count). The van der Waals surface area contributed by atoms with Crippen LogP contribution in [0.1, 0.15) is 77.9 Å².